The fourth-order valence-electron chi connectivity index (χ4n) is 1.76. The van der Waals surface area contributed by atoms with Crippen molar-refractivity contribution in [3.63, 3.8) is 0 Å². The Kier molecular flexibility index (Phi) is 4.57. The van der Waals surface area contributed by atoms with Crippen LogP contribution in [0.2, 0.25) is 5.02 Å². The minimum atomic E-state index is -0.894. The van der Waals surface area contributed by atoms with Crippen LogP contribution in [0.3, 0.4) is 0 Å². The van der Waals surface area contributed by atoms with Crippen molar-refractivity contribution < 1.29 is 18.6 Å². The molecule has 0 amide bonds. The molecule has 0 bridgehead atoms. The highest BCUT2D eigenvalue weighted by Gasteiger charge is 2.10. The monoisotopic (exact) mass is 298 g/mol. The van der Waals surface area contributed by atoms with Gasteiger partial charge in [-0.05, 0) is 25.1 Å². The molecule has 5 heteroatoms. The Balaban J connectivity index is 2.11. The Labute approximate surface area is 120 Å². The van der Waals surface area contributed by atoms with Crippen LogP contribution in [0.25, 0.3) is 0 Å². The summed E-state index contributed by atoms with van der Waals surface area (Å²) >= 11 is 5.66. The van der Waals surface area contributed by atoms with Crippen LogP contribution in [0.1, 0.15) is 24.2 Å². The minimum Gasteiger partial charge on any atom is -0.489 e. The molecule has 0 saturated carbocycles. The average Bonchev–Trinajstić information content (AvgIpc) is 2.40. The lowest BCUT2D eigenvalue weighted by Gasteiger charge is -2.10. The highest BCUT2D eigenvalue weighted by atomic mass is 35.5. The molecular formula is C15H13ClF2O2. The molecule has 0 fully saturated rings. The van der Waals surface area contributed by atoms with E-state index >= 15 is 0 Å². The zero-order valence-electron chi connectivity index (χ0n) is 10.7. The normalized spacial score (nSPS) is 12.2. The van der Waals surface area contributed by atoms with Crippen LogP contribution >= 0.6 is 11.6 Å². The lowest BCUT2D eigenvalue weighted by atomic mass is 10.1. The molecular weight excluding hydrogens is 286 g/mol. The lowest BCUT2D eigenvalue weighted by molar-refractivity contribution is 0.194. The van der Waals surface area contributed by atoms with Crippen molar-refractivity contribution in [3.05, 3.63) is 64.2 Å². The van der Waals surface area contributed by atoms with Crippen LogP contribution in [-0.2, 0) is 6.61 Å². The molecule has 0 aliphatic rings. The molecule has 0 aliphatic carbocycles. The average molecular weight is 299 g/mol. The highest BCUT2D eigenvalue weighted by Crippen LogP contribution is 2.23. The highest BCUT2D eigenvalue weighted by molar-refractivity contribution is 6.30. The van der Waals surface area contributed by atoms with E-state index in [0.717, 1.165) is 6.07 Å². The number of halogens is 3. The van der Waals surface area contributed by atoms with Crippen molar-refractivity contribution in [1.82, 2.24) is 0 Å². The van der Waals surface area contributed by atoms with E-state index in [4.69, 9.17) is 16.3 Å². The van der Waals surface area contributed by atoms with Crippen LogP contribution < -0.4 is 4.74 Å². The van der Waals surface area contributed by atoms with Crippen molar-refractivity contribution >= 4 is 11.6 Å². The maximum atomic E-state index is 13.6. The maximum absolute atomic E-state index is 13.6. The molecule has 106 valence electrons. The van der Waals surface area contributed by atoms with Gasteiger partial charge in [-0.2, -0.15) is 0 Å². The van der Waals surface area contributed by atoms with Crippen LogP contribution in [0.15, 0.2) is 36.4 Å². The molecule has 1 atom stereocenters. The quantitative estimate of drug-likeness (QED) is 0.914. The van der Waals surface area contributed by atoms with Gasteiger partial charge in [0, 0.05) is 17.2 Å². The molecule has 1 N–H and O–H groups in total. The van der Waals surface area contributed by atoms with E-state index in [2.05, 4.69) is 0 Å². The van der Waals surface area contributed by atoms with Crippen LogP contribution in [0.4, 0.5) is 8.78 Å². The van der Waals surface area contributed by atoms with Gasteiger partial charge in [0.25, 0.3) is 0 Å². The number of aliphatic hydroxyl groups is 1. The molecule has 0 saturated heterocycles. The summed E-state index contributed by atoms with van der Waals surface area (Å²) in [4.78, 5) is 0. The van der Waals surface area contributed by atoms with E-state index in [1.165, 1.54) is 25.1 Å². The third-order valence-electron chi connectivity index (χ3n) is 2.85. The third-order valence-corrected chi connectivity index (χ3v) is 3.14. The molecule has 2 rings (SSSR count). The van der Waals surface area contributed by atoms with Gasteiger partial charge in [-0.3, -0.25) is 0 Å². The molecule has 2 aromatic carbocycles. The van der Waals surface area contributed by atoms with E-state index in [-0.39, 0.29) is 28.5 Å². The molecule has 0 aromatic heterocycles. The lowest BCUT2D eigenvalue weighted by Crippen LogP contribution is -2.01. The second kappa shape index (κ2) is 6.20. The van der Waals surface area contributed by atoms with Crippen LogP contribution in [0.5, 0.6) is 5.75 Å². The van der Waals surface area contributed by atoms with E-state index in [0.29, 0.717) is 0 Å². The molecule has 2 aromatic rings. The van der Waals surface area contributed by atoms with E-state index in [1.54, 1.807) is 12.1 Å². The largest absolute Gasteiger partial charge is 0.489 e. The molecule has 0 heterocycles. The SMILES string of the molecule is C[C@@H](O)c1ccc(OCc2cccc(Cl)c2F)cc1F. The zero-order valence-corrected chi connectivity index (χ0v) is 11.5. The third kappa shape index (κ3) is 3.26. The van der Waals surface area contributed by atoms with Gasteiger partial charge < -0.3 is 9.84 Å². The molecule has 0 spiro atoms. The first-order valence-electron chi connectivity index (χ1n) is 6.02. The summed E-state index contributed by atoms with van der Waals surface area (Å²) in [6.07, 6.45) is -0.894. The van der Waals surface area contributed by atoms with Gasteiger partial charge in [-0.1, -0.05) is 23.7 Å². The summed E-state index contributed by atoms with van der Waals surface area (Å²) in [6.45, 7) is 1.42. The Morgan fingerprint density at radius 3 is 2.65 bits per heavy atom. The van der Waals surface area contributed by atoms with Gasteiger partial charge in [-0.15, -0.1) is 0 Å². The van der Waals surface area contributed by atoms with Crippen molar-refractivity contribution in [2.45, 2.75) is 19.6 Å². The van der Waals surface area contributed by atoms with Crippen molar-refractivity contribution in [3.8, 4) is 5.75 Å². The summed E-state index contributed by atoms with van der Waals surface area (Å²) in [6, 6.07) is 8.71. The summed E-state index contributed by atoms with van der Waals surface area (Å²) in [7, 11) is 0. The second-order valence-electron chi connectivity index (χ2n) is 4.36. The van der Waals surface area contributed by atoms with Crippen molar-refractivity contribution in [2.75, 3.05) is 0 Å². The number of benzene rings is 2. The van der Waals surface area contributed by atoms with E-state index in [9.17, 15) is 13.9 Å². The van der Waals surface area contributed by atoms with Gasteiger partial charge in [-0.25, -0.2) is 8.78 Å². The molecule has 0 unspecified atom stereocenters. The fourth-order valence-corrected chi connectivity index (χ4v) is 1.95. The van der Waals surface area contributed by atoms with Crippen LogP contribution in [0, 0.1) is 11.6 Å². The Bertz CT molecular complexity index is 615. The van der Waals surface area contributed by atoms with Gasteiger partial charge >= 0.3 is 0 Å². The standard InChI is InChI=1S/C15H13ClF2O2/c1-9(19)12-6-5-11(7-14(12)17)20-8-10-3-2-4-13(16)15(10)18/h2-7,9,19H,8H2,1H3/t9-/m1/s1. The van der Waals surface area contributed by atoms with Crippen LogP contribution in [-0.4, -0.2) is 5.11 Å². The molecule has 20 heavy (non-hydrogen) atoms. The first kappa shape index (κ1) is 14.8. The summed E-state index contributed by atoms with van der Waals surface area (Å²) in [5, 5.41) is 9.34. The van der Waals surface area contributed by atoms with Crippen molar-refractivity contribution in [2.24, 2.45) is 0 Å². The van der Waals surface area contributed by atoms with Gasteiger partial charge in [0.1, 0.15) is 24.0 Å². The second-order valence-corrected chi connectivity index (χ2v) is 4.77. The predicted molar refractivity (Wildman–Crippen MR) is 72.8 cm³/mol. The number of aliphatic hydroxyl groups excluding tert-OH is 1. The molecule has 0 radical (unpaired) electrons. The zero-order chi connectivity index (χ0) is 14.7. The number of hydrogen-bond donors (Lipinski definition) is 1. The Morgan fingerprint density at radius 1 is 1.25 bits per heavy atom. The molecule has 0 aliphatic heterocycles. The number of ether oxygens (including phenoxy) is 1. The Morgan fingerprint density at radius 2 is 2.00 bits per heavy atom. The maximum Gasteiger partial charge on any atom is 0.148 e. The fraction of sp³-hybridized carbons (Fsp3) is 0.200. The van der Waals surface area contributed by atoms with Gasteiger partial charge in [0.05, 0.1) is 11.1 Å². The first-order valence-corrected chi connectivity index (χ1v) is 6.40. The number of hydrogen-bond acceptors (Lipinski definition) is 2. The topological polar surface area (TPSA) is 29.5 Å². The summed E-state index contributed by atoms with van der Waals surface area (Å²) in [5.41, 5.74) is 0.476. The smallest absolute Gasteiger partial charge is 0.148 e. The Hall–Kier alpha value is -1.65. The first-order chi connectivity index (χ1) is 9.49. The predicted octanol–water partition coefficient (Wildman–Crippen LogP) is 4.25. The van der Waals surface area contributed by atoms with Crippen molar-refractivity contribution in [1.29, 1.82) is 0 Å². The minimum absolute atomic E-state index is 0.0155. The van der Waals surface area contributed by atoms with E-state index in [1.807, 2.05) is 0 Å². The van der Waals surface area contributed by atoms with E-state index < -0.39 is 17.7 Å². The molecule has 2 nitrogen and oxygen atoms in total. The van der Waals surface area contributed by atoms with Gasteiger partial charge in [0.15, 0.2) is 0 Å². The number of rotatable bonds is 4. The van der Waals surface area contributed by atoms with Gasteiger partial charge in [0.2, 0.25) is 0 Å². The summed E-state index contributed by atoms with van der Waals surface area (Å²) < 4.78 is 32.6. The summed E-state index contributed by atoms with van der Waals surface area (Å²) in [5.74, 6) is -0.856.